The van der Waals surface area contributed by atoms with Gasteiger partial charge in [0.15, 0.2) is 0 Å². The predicted molar refractivity (Wildman–Crippen MR) is 69.3 cm³/mol. The minimum absolute atomic E-state index is 0.393. The van der Waals surface area contributed by atoms with Crippen molar-refractivity contribution in [3.05, 3.63) is 35.9 Å². The quantitative estimate of drug-likeness (QED) is 0.879. The maximum atomic E-state index is 5.77. The minimum atomic E-state index is 0.393. The Kier molecular flexibility index (Phi) is 2.63. The Morgan fingerprint density at radius 2 is 2.35 bits per heavy atom. The summed E-state index contributed by atoms with van der Waals surface area (Å²) in [5, 5.41) is 0. The van der Waals surface area contributed by atoms with Crippen LogP contribution in [0, 0.1) is 0 Å². The summed E-state index contributed by atoms with van der Waals surface area (Å²) < 4.78 is 2.26. The normalized spacial score (nSPS) is 18.2. The van der Waals surface area contributed by atoms with Crippen LogP contribution in [0.15, 0.2) is 24.5 Å². The zero-order valence-electron chi connectivity index (χ0n) is 10.3. The van der Waals surface area contributed by atoms with Gasteiger partial charge < -0.3 is 10.1 Å². The average Bonchev–Trinajstić information content (AvgIpc) is 2.70. The van der Waals surface area contributed by atoms with E-state index in [1.807, 2.05) is 6.20 Å². The van der Waals surface area contributed by atoms with E-state index in [0.29, 0.717) is 18.4 Å². The van der Waals surface area contributed by atoms with Crippen molar-refractivity contribution in [3.63, 3.8) is 0 Å². The van der Waals surface area contributed by atoms with Crippen LogP contribution >= 0.6 is 0 Å². The molecule has 1 fully saturated rings. The molecule has 1 aliphatic carbocycles. The highest BCUT2D eigenvalue weighted by Crippen LogP contribution is 2.36. The van der Waals surface area contributed by atoms with Gasteiger partial charge in [-0.3, -0.25) is 0 Å². The van der Waals surface area contributed by atoms with E-state index in [0.717, 1.165) is 0 Å². The average molecular weight is 229 g/mol. The highest BCUT2D eigenvalue weighted by atomic mass is 15.0. The molecule has 0 aromatic carbocycles. The number of aromatic nitrogens is 2. The van der Waals surface area contributed by atoms with Crippen LogP contribution in [0.25, 0.3) is 5.52 Å². The highest BCUT2D eigenvalue weighted by molar-refractivity contribution is 5.56. The summed E-state index contributed by atoms with van der Waals surface area (Å²) in [4.78, 5) is 4.62. The number of fused-ring (bicyclic) bond motifs is 1. The Morgan fingerprint density at radius 3 is 3.00 bits per heavy atom. The van der Waals surface area contributed by atoms with Gasteiger partial charge in [-0.25, -0.2) is 4.98 Å². The molecule has 0 amide bonds. The van der Waals surface area contributed by atoms with Gasteiger partial charge in [0, 0.05) is 12.1 Å². The van der Waals surface area contributed by atoms with Crippen LogP contribution in [0.5, 0.6) is 0 Å². The van der Waals surface area contributed by atoms with Crippen LogP contribution in [0.3, 0.4) is 0 Å². The van der Waals surface area contributed by atoms with E-state index < -0.39 is 0 Å². The monoisotopic (exact) mass is 229 g/mol. The van der Waals surface area contributed by atoms with Crippen molar-refractivity contribution in [2.24, 2.45) is 5.73 Å². The lowest BCUT2D eigenvalue weighted by Crippen LogP contribution is -2.13. The summed E-state index contributed by atoms with van der Waals surface area (Å²) >= 11 is 0. The van der Waals surface area contributed by atoms with Crippen molar-refractivity contribution in [2.45, 2.75) is 38.0 Å². The van der Waals surface area contributed by atoms with Crippen LogP contribution in [0.4, 0.5) is 0 Å². The first-order valence-corrected chi connectivity index (χ1v) is 6.47. The SMILES string of the molecule is CC(CN)c1cccn2c(C3CCC3)ncc12. The van der Waals surface area contributed by atoms with Crippen molar-refractivity contribution in [1.29, 1.82) is 0 Å². The van der Waals surface area contributed by atoms with Gasteiger partial charge in [0.25, 0.3) is 0 Å². The van der Waals surface area contributed by atoms with Crippen molar-refractivity contribution in [1.82, 2.24) is 9.38 Å². The molecule has 0 spiro atoms. The van der Waals surface area contributed by atoms with E-state index in [-0.39, 0.29) is 0 Å². The number of rotatable bonds is 3. The lowest BCUT2D eigenvalue weighted by molar-refractivity contribution is 0.400. The van der Waals surface area contributed by atoms with E-state index in [9.17, 15) is 0 Å². The van der Waals surface area contributed by atoms with Crippen molar-refractivity contribution >= 4 is 5.52 Å². The largest absolute Gasteiger partial charge is 0.330 e. The fourth-order valence-corrected chi connectivity index (χ4v) is 2.58. The highest BCUT2D eigenvalue weighted by Gasteiger charge is 2.24. The number of hydrogen-bond acceptors (Lipinski definition) is 2. The van der Waals surface area contributed by atoms with Gasteiger partial charge in [0.1, 0.15) is 5.82 Å². The second-order valence-corrected chi connectivity index (χ2v) is 5.10. The molecule has 3 heteroatoms. The molecular formula is C14H19N3. The van der Waals surface area contributed by atoms with Crippen LogP contribution in [-0.2, 0) is 0 Å². The van der Waals surface area contributed by atoms with Gasteiger partial charge in [0.05, 0.1) is 11.7 Å². The summed E-state index contributed by atoms with van der Waals surface area (Å²) in [7, 11) is 0. The fourth-order valence-electron chi connectivity index (χ4n) is 2.58. The number of imidazole rings is 1. The fraction of sp³-hybridized carbons (Fsp3) is 0.500. The topological polar surface area (TPSA) is 43.3 Å². The first-order chi connectivity index (χ1) is 8.31. The summed E-state index contributed by atoms with van der Waals surface area (Å²) in [6, 6.07) is 4.28. The molecule has 90 valence electrons. The molecule has 2 aromatic rings. The molecule has 0 bridgehead atoms. The molecule has 2 aromatic heterocycles. The maximum absolute atomic E-state index is 5.77. The minimum Gasteiger partial charge on any atom is -0.330 e. The molecule has 1 aliphatic rings. The summed E-state index contributed by atoms with van der Waals surface area (Å²) in [5.41, 5.74) is 8.31. The van der Waals surface area contributed by atoms with Crippen molar-refractivity contribution in [3.8, 4) is 0 Å². The third-order valence-corrected chi connectivity index (χ3v) is 3.99. The number of pyridine rings is 1. The van der Waals surface area contributed by atoms with Gasteiger partial charge in [0.2, 0.25) is 0 Å². The lowest BCUT2D eigenvalue weighted by Gasteiger charge is -2.24. The third kappa shape index (κ3) is 1.65. The smallest absolute Gasteiger partial charge is 0.116 e. The van der Waals surface area contributed by atoms with Crippen LogP contribution < -0.4 is 5.73 Å². The molecule has 3 nitrogen and oxygen atoms in total. The second kappa shape index (κ2) is 4.15. The second-order valence-electron chi connectivity index (χ2n) is 5.10. The zero-order valence-corrected chi connectivity index (χ0v) is 10.3. The third-order valence-electron chi connectivity index (χ3n) is 3.99. The Labute approximate surface area is 102 Å². The van der Waals surface area contributed by atoms with Gasteiger partial charge in [-0.1, -0.05) is 19.4 Å². The van der Waals surface area contributed by atoms with Crippen molar-refractivity contribution < 1.29 is 0 Å². The molecule has 0 aliphatic heterocycles. The molecule has 0 saturated heterocycles. The molecule has 1 unspecified atom stereocenters. The van der Waals surface area contributed by atoms with Gasteiger partial charge in [-0.15, -0.1) is 0 Å². The van der Waals surface area contributed by atoms with Crippen LogP contribution in [0.2, 0.25) is 0 Å². The number of nitrogens with zero attached hydrogens (tertiary/aromatic N) is 2. The van der Waals surface area contributed by atoms with E-state index >= 15 is 0 Å². The van der Waals surface area contributed by atoms with E-state index in [4.69, 9.17) is 5.73 Å². The molecular weight excluding hydrogens is 210 g/mol. The van der Waals surface area contributed by atoms with Crippen molar-refractivity contribution in [2.75, 3.05) is 6.54 Å². The van der Waals surface area contributed by atoms with Gasteiger partial charge >= 0.3 is 0 Å². The number of nitrogens with two attached hydrogens (primary N) is 1. The number of hydrogen-bond donors (Lipinski definition) is 1. The molecule has 1 atom stereocenters. The summed E-state index contributed by atoms with van der Waals surface area (Å²) in [5.74, 6) is 2.29. The first-order valence-electron chi connectivity index (χ1n) is 6.47. The lowest BCUT2D eigenvalue weighted by atomic mass is 9.85. The summed E-state index contributed by atoms with van der Waals surface area (Å²) in [6.07, 6.45) is 8.06. The molecule has 3 rings (SSSR count). The first kappa shape index (κ1) is 10.8. The molecule has 0 radical (unpaired) electrons. The predicted octanol–water partition coefficient (Wildman–Crippen LogP) is 2.66. The van der Waals surface area contributed by atoms with E-state index in [1.165, 1.54) is 36.2 Å². The van der Waals surface area contributed by atoms with Crippen LogP contribution in [0.1, 0.15) is 49.4 Å². The Morgan fingerprint density at radius 1 is 1.53 bits per heavy atom. The molecule has 17 heavy (non-hydrogen) atoms. The Hall–Kier alpha value is -1.35. The molecule has 2 heterocycles. The van der Waals surface area contributed by atoms with Gasteiger partial charge in [-0.05, 0) is 36.9 Å². The molecule has 2 N–H and O–H groups in total. The molecule has 1 saturated carbocycles. The zero-order chi connectivity index (χ0) is 11.8. The van der Waals surface area contributed by atoms with Gasteiger partial charge in [-0.2, -0.15) is 0 Å². The standard InChI is InChI=1S/C14H19N3/c1-10(8-15)12-6-3-7-17-13(12)9-16-14(17)11-4-2-5-11/h3,6-7,9-11H,2,4-5,8,15H2,1H3. The Bertz CT molecular complexity index is 525. The van der Waals surface area contributed by atoms with Crippen LogP contribution in [-0.4, -0.2) is 15.9 Å². The maximum Gasteiger partial charge on any atom is 0.116 e. The Balaban J connectivity index is 2.11. The van der Waals surface area contributed by atoms with E-state index in [1.54, 1.807) is 0 Å². The van der Waals surface area contributed by atoms with E-state index in [2.05, 4.69) is 34.6 Å². The summed E-state index contributed by atoms with van der Waals surface area (Å²) in [6.45, 7) is 2.86.